The van der Waals surface area contributed by atoms with Gasteiger partial charge in [0.05, 0.1) is 18.1 Å². The molecule has 0 aliphatic heterocycles. The van der Waals surface area contributed by atoms with Crippen LogP contribution in [0.3, 0.4) is 0 Å². The van der Waals surface area contributed by atoms with Crippen molar-refractivity contribution in [3.8, 4) is 12.1 Å². The van der Waals surface area contributed by atoms with Crippen molar-refractivity contribution in [1.29, 1.82) is 10.5 Å². The van der Waals surface area contributed by atoms with E-state index in [1.165, 1.54) is 0 Å². The molecular weight excluding hydrogens is 178 g/mol. The topological polar surface area (TPSA) is 90.7 Å². The maximum atomic E-state index is 11.3. The minimum absolute atomic E-state index is 0.400. The Bertz CT molecular complexity index is 370. The molecular formula is C10H11N3O. The van der Waals surface area contributed by atoms with Crippen molar-refractivity contribution in [2.45, 2.75) is 25.7 Å². The van der Waals surface area contributed by atoms with E-state index in [0.29, 0.717) is 0 Å². The number of hydrogen-bond acceptors (Lipinski definition) is 3. The highest BCUT2D eigenvalue weighted by Gasteiger charge is 2.81. The Morgan fingerprint density at radius 1 is 1.36 bits per heavy atom. The van der Waals surface area contributed by atoms with Crippen LogP contribution in [0.2, 0.25) is 0 Å². The molecule has 0 radical (unpaired) electrons. The van der Waals surface area contributed by atoms with Crippen LogP contribution in [0.1, 0.15) is 25.7 Å². The van der Waals surface area contributed by atoms with Crippen molar-refractivity contribution in [1.82, 2.24) is 0 Å². The monoisotopic (exact) mass is 189 g/mol. The maximum Gasteiger partial charge on any atom is 0.239 e. The Hall–Kier alpha value is -1.55. The normalized spacial score (nSPS) is 37.4. The van der Waals surface area contributed by atoms with Gasteiger partial charge >= 0.3 is 0 Å². The Balaban J connectivity index is 2.44. The molecule has 2 aliphatic rings. The fourth-order valence-electron chi connectivity index (χ4n) is 3.12. The SMILES string of the molecule is N#C[C@H]1C2(CCCC2)[C@]1(C#N)C(N)=O. The van der Waals surface area contributed by atoms with Gasteiger partial charge in [-0.3, -0.25) is 4.79 Å². The number of primary amides is 1. The van der Waals surface area contributed by atoms with E-state index in [0.717, 1.165) is 25.7 Å². The van der Waals surface area contributed by atoms with Crippen molar-refractivity contribution in [2.75, 3.05) is 0 Å². The van der Waals surface area contributed by atoms with Crippen LogP contribution in [0.25, 0.3) is 0 Å². The molecule has 0 aromatic heterocycles. The highest BCUT2D eigenvalue weighted by atomic mass is 16.1. The minimum atomic E-state index is -1.18. The van der Waals surface area contributed by atoms with Gasteiger partial charge in [-0.15, -0.1) is 0 Å². The molecule has 4 nitrogen and oxygen atoms in total. The van der Waals surface area contributed by atoms with Crippen LogP contribution >= 0.6 is 0 Å². The first kappa shape index (κ1) is 9.02. The highest BCUT2D eigenvalue weighted by molar-refractivity contribution is 5.90. The second-order valence-corrected chi connectivity index (χ2v) is 4.21. The molecule has 0 aromatic rings. The molecule has 2 saturated carbocycles. The summed E-state index contributed by atoms with van der Waals surface area (Å²) in [5.41, 5.74) is 3.67. The van der Waals surface area contributed by atoms with E-state index in [4.69, 9.17) is 16.3 Å². The Morgan fingerprint density at radius 2 is 1.93 bits per heavy atom. The summed E-state index contributed by atoms with van der Waals surface area (Å²) >= 11 is 0. The summed E-state index contributed by atoms with van der Waals surface area (Å²) in [5, 5.41) is 18.0. The second-order valence-electron chi connectivity index (χ2n) is 4.21. The molecule has 2 fully saturated rings. The fourth-order valence-corrected chi connectivity index (χ4v) is 3.12. The molecule has 0 bridgehead atoms. The fraction of sp³-hybridized carbons (Fsp3) is 0.700. The predicted octanol–water partition coefficient (Wildman–Crippen LogP) is 0.695. The number of carbonyl (C=O) groups is 1. The average Bonchev–Trinajstić information content (AvgIpc) is 2.46. The van der Waals surface area contributed by atoms with E-state index in [1.54, 1.807) is 0 Å². The summed E-state index contributed by atoms with van der Waals surface area (Å²) in [4.78, 5) is 11.3. The largest absolute Gasteiger partial charge is 0.368 e. The number of nitrogens with two attached hydrogens (primary N) is 1. The van der Waals surface area contributed by atoms with Gasteiger partial charge in [-0.25, -0.2) is 0 Å². The quantitative estimate of drug-likeness (QED) is 0.658. The van der Waals surface area contributed by atoms with Gasteiger partial charge in [0.25, 0.3) is 0 Å². The zero-order valence-corrected chi connectivity index (χ0v) is 7.79. The van der Waals surface area contributed by atoms with E-state index in [-0.39, 0.29) is 0 Å². The molecule has 0 aromatic carbocycles. The van der Waals surface area contributed by atoms with Gasteiger partial charge in [0.2, 0.25) is 5.91 Å². The first-order valence-corrected chi connectivity index (χ1v) is 4.76. The lowest BCUT2D eigenvalue weighted by atomic mass is 9.92. The van der Waals surface area contributed by atoms with Crippen LogP contribution in [0.4, 0.5) is 0 Å². The molecule has 0 saturated heterocycles. The van der Waals surface area contributed by atoms with Crippen molar-refractivity contribution < 1.29 is 4.79 Å². The van der Waals surface area contributed by atoms with Crippen LogP contribution in [-0.2, 0) is 4.79 Å². The molecule has 2 rings (SSSR count). The zero-order valence-electron chi connectivity index (χ0n) is 7.79. The molecule has 0 unspecified atom stereocenters. The number of hydrogen-bond donors (Lipinski definition) is 1. The van der Waals surface area contributed by atoms with E-state index in [2.05, 4.69) is 6.07 Å². The number of nitrogens with zero attached hydrogens (tertiary/aromatic N) is 2. The minimum Gasteiger partial charge on any atom is -0.368 e. The second kappa shape index (κ2) is 2.48. The van der Waals surface area contributed by atoms with E-state index in [9.17, 15) is 4.79 Å². The molecule has 1 spiro atoms. The summed E-state index contributed by atoms with van der Waals surface area (Å²) in [5.74, 6) is -1.09. The summed E-state index contributed by atoms with van der Waals surface area (Å²) in [6.07, 6.45) is 3.58. The lowest BCUT2D eigenvalue weighted by molar-refractivity contribution is -0.122. The first-order valence-electron chi connectivity index (χ1n) is 4.76. The van der Waals surface area contributed by atoms with Crippen molar-refractivity contribution >= 4 is 5.91 Å². The van der Waals surface area contributed by atoms with Crippen LogP contribution in [0.5, 0.6) is 0 Å². The average molecular weight is 189 g/mol. The van der Waals surface area contributed by atoms with Crippen molar-refractivity contribution in [3.63, 3.8) is 0 Å². The number of rotatable bonds is 1. The third-order valence-corrected chi connectivity index (χ3v) is 3.88. The molecule has 2 aliphatic carbocycles. The van der Waals surface area contributed by atoms with Crippen LogP contribution in [0, 0.1) is 39.4 Å². The molecule has 14 heavy (non-hydrogen) atoms. The van der Waals surface area contributed by atoms with Crippen LogP contribution < -0.4 is 5.73 Å². The Morgan fingerprint density at radius 3 is 2.21 bits per heavy atom. The number of nitriles is 2. The van der Waals surface area contributed by atoms with Gasteiger partial charge in [-0.05, 0) is 12.8 Å². The molecule has 2 atom stereocenters. The Kier molecular flexibility index (Phi) is 1.60. The molecule has 2 N–H and O–H groups in total. The van der Waals surface area contributed by atoms with Gasteiger partial charge in [0, 0.05) is 5.41 Å². The van der Waals surface area contributed by atoms with E-state index >= 15 is 0 Å². The zero-order chi connectivity index (χ0) is 10.4. The standard InChI is InChI=1S/C10H11N3O/c11-5-7-9(3-1-2-4-9)10(7,6-12)8(13)14/h7H,1-4H2,(H2,13,14)/t7-,10-/m0/s1. The molecule has 0 heterocycles. The number of amides is 1. The first-order chi connectivity index (χ1) is 6.65. The molecule has 72 valence electrons. The third-order valence-electron chi connectivity index (χ3n) is 3.88. The lowest BCUT2D eigenvalue weighted by Gasteiger charge is -2.09. The Labute approximate surface area is 82.3 Å². The van der Waals surface area contributed by atoms with Crippen LogP contribution in [-0.4, -0.2) is 5.91 Å². The summed E-state index contributed by atoms with van der Waals surface area (Å²) in [7, 11) is 0. The van der Waals surface area contributed by atoms with Gasteiger partial charge in [-0.1, -0.05) is 12.8 Å². The molecule has 1 amide bonds. The van der Waals surface area contributed by atoms with Crippen molar-refractivity contribution in [2.24, 2.45) is 22.5 Å². The van der Waals surface area contributed by atoms with E-state index in [1.807, 2.05) is 6.07 Å². The van der Waals surface area contributed by atoms with E-state index < -0.39 is 22.7 Å². The summed E-state index contributed by atoms with van der Waals surface area (Å²) in [6.45, 7) is 0. The smallest absolute Gasteiger partial charge is 0.239 e. The maximum absolute atomic E-state index is 11.3. The lowest BCUT2D eigenvalue weighted by Crippen LogP contribution is -2.28. The molecule has 4 heteroatoms. The van der Waals surface area contributed by atoms with Crippen molar-refractivity contribution in [3.05, 3.63) is 0 Å². The number of carbonyl (C=O) groups excluding carboxylic acids is 1. The summed E-state index contributed by atoms with van der Waals surface area (Å²) < 4.78 is 0. The summed E-state index contributed by atoms with van der Waals surface area (Å²) in [6, 6.07) is 4.06. The highest BCUT2D eigenvalue weighted by Crippen LogP contribution is 2.75. The predicted molar refractivity (Wildman–Crippen MR) is 47.2 cm³/mol. The third kappa shape index (κ3) is 0.665. The van der Waals surface area contributed by atoms with Gasteiger partial charge in [0.1, 0.15) is 0 Å². The van der Waals surface area contributed by atoms with Crippen LogP contribution in [0.15, 0.2) is 0 Å². The van der Waals surface area contributed by atoms with Gasteiger partial charge in [0.15, 0.2) is 5.41 Å². The van der Waals surface area contributed by atoms with Gasteiger partial charge in [-0.2, -0.15) is 10.5 Å². The van der Waals surface area contributed by atoms with Gasteiger partial charge < -0.3 is 5.73 Å².